The second-order valence-corrected chi connectivity index (χ2v) is 9.08. The van der Waals surface area contributed by atoms with Gasteiger partial charge in [-0.1, -0.05) is 15.9 Å². The van der Waals surface area contributed by atoms with Gasteiger partial charge in [-0.3, -0.25) is 19.3 Å². The van der Waals surface area contributed by atoms with Gasteiger partial charge < -0.3 is 21.1 Å². The van der Waals surface area contributed by atoms with Crippen molar-refractivity contribution in [3.8, 4) is 5.75 Å². The van der Waals surface area contributed by atoms with E-state index in [9.17, 15) is 29.7 Å². The largest absolute Gasteiger partial charge is 0.510 e. The van der Waals surface area contributed by atoms with Gasteiger partial charge in [0.2, 0.25) is 0 Å². The quantitative estimate of drug-likeness (QED) is 0.375. The van der Waals surface area contributed by atoms with Crippen LogP contribution >= 0.6 is 15.9 Å². The topological polar surface area (TPSA) is 141 Å². The Labute approximate surface area is 180 Å². The molecule has 1 aromatic carbocycles. The minimum Gasteiger partial charge on any atom is -0.510 e. The van der Waals surface area contributed by atoms with Gasteiger partial charge in [0.05, 0.1) is 17.5 Å². The van der Waals surface area contributed by atoms with Crippen molar-refractivity contribution in [3.05, 3.63) is 44.6 Å². The van der Waals surface area contributed by atoms with Crippen molar-refractivity contribution < 1.29 is 29.7 Å². The molecule has 4 rings (SSSR count). The predicted molar refractivity (Wildman–Crippen MR) is 110 cm³/mol. The number of aliphatic hydroxyl groups excluding tert-OH is 2. The number of phenols is 1. The molecular formula is C21H21BrN2O6. The van der Waals surface area contributed by atoms with E-state index in [2.05, 4.69) is 15.9 Å². The number of likely N-dealkylation sites (N-methyl/N-ethyl adjacent to an activating group) is 1. The number of ketones is 2. The third-order valence-corrected chi connectivity index (χ3v) is 7.13. The molecule has 0 bridgehead atoms. The first-order chi connectivity index (χ1) is 14.1. The number of Topliss-reactive ketones (excluding diaryl/α,β-unsaturated/α-hetero) is 2. The number of nitrogens with zero attached hydrogens (tertiary/aromatic N) is 1. The van der Waals surface area contributed by atoms with E-state index >= 15 is 0 Å². The molecule has 3 aliphatic carbocycles. The Bertz CT molecular complexity index is 1070. The lowest BCUT2D eigenvalue weighted by atomic mass is 9.59. The van der Waals surface area contributed by atoms with Crippen molar-refractivity contribution in [1.82, 2.24) is 4.90 Å². The third kappa shape index (κ3) is 2.72. The van der Waals surface area contributed by atoms with E-state index in [1.54, 1.807) is 25.1 Å². The number of carbonyl (C=O) groups excluding carboxylic acids is 3. The highest BCUT2D eigenvalue weighted by molar-refractivity contribution is 9.10. The fraction of sp³-hybridized carbons (Fsp3) is 0.381. The van der Waals surface area contributed by atoms with Crippen LogP contribution in [0.3, 0.4) is 0 Å². The van der Waals surface area contributed by atoms with Gasteiger partial charge in [-0.15, -0.1) is 0 Å². The Morgan fingerprint density at radius 2 is 1.83 bits per heavy atom. The standard InChI is InChI=1S/C21H21BrN2O6/c1-24(2)16-9-6-7-5-8-10(22)3-4-11(25)13(8)17(26)12(7)18(27)14(9)19(28)15(20(16)29)21(23)30/h3-4,7,9,14,16,25-26,29H,5-6H2,1-2H3,(H2,23,30)/t7?,9?,14?,16-/m0/s1. The highest BCUT2D eigenvalue weighted by atomic mass is 79.9. The Hall–Kier alpha value is -2.65. The molecule has 30 heavy (non-hydrogen) atoms. The minimum atomic E-state index is -1.24. The molecule has 3 unspecified atom stereocenters. The first kappa shape index (κ1) is 20.6. The van der Waals surface area contributed by atoms with Crippen molar-refractivity contribution in [3.63, 3.8) is 0 Å². The Morgan fingerprint density at radius 1 is 1.17 bits per heavy atom. The second-order valence-electron chi connectivity index (χ2n) is 8.22. The summed E-state index contributed by atoms with van der Waals surface area (Å²) in [5.41, 5.74) is 5.68. The number of aromatic hydroxyl groups is 1. The first-order valence-electron chi connectivity index (χ1n) is 9.47. The number of allylic oxidation sites excluding steroid dienone is 1. The summed E-state index contributed by atoms with van der Waals surface area (Å²) in [6, 6.07) is 2.34. The first-order valence-corrected chi connectivity index (χ1v) is 10.3. The van der Waals surface area contributed by atoms with E-state index in [1.807, 2.05) is 0 Å². The molecule has 3 aliphatic rings. The van der Waals surface area contributed by atoms with Gasteiger partial charge in [0.25, 0.3) is 5.91 Å². The SMILES string of the molecule is CN(C)[C@@H]1C(O)=C(C(N)=O)C(=O)C2C(=O)C3=C(O)c4c(O)ccc(Br)c4CC3CC21. The lowest BCUT2D eigenvalue weighted by Crippen LogP contribution is -2.55. The van der Waals surface area contributed by atoms with Gasteiger partial charge in [-0.2, -0.15) is 0 Å². The molecule has 0 aliphatic heterocycles. The predicted octanol–water partition coefficient (Wildman–Crippen LogP) is 1.61. The van der Waals surface area contributed by atoms with Gasteiger partial charge in [0.1, 0.15) is 22.8 Å². The van der Waals surface area contributed by atoms with E-state index < -0.39 is 52.6 Å². The summed E-state index contributed by atoms with van der Waals surface area (Å²) in [7, 11) is 3.37. The summed E-state index contributed by atoms with van der Waals surface area (Å²) < 4.78 is 0.693. The zero-order valence-electron chi connectivity index (χ0n) is 16.3. The maximum absolute atomic E-state index is 13.5. The highest BCUT2D eigenvalue weighted by Crippen LogP contribution is 2.51. The highest BCUT2D eigenvalue weighted by Gasteiger charge is 2.55. The number of carbonyl (C=O) groups is 3. The van der Waals surface area contributed by atoms with E-state index in [-0.39, 0.29) is 22.6 Å². The molecule has 1 saturated carbocycles. The molecular weight excluding hydrogens is 456 g/mol. The van der Waals surface area contributed by atoms with Crippen LogP contribution in [-0.2, 0) is 20.8 Å². The molecule has 1 fully saturated rings. The van der Waals surface area contributed by atoms with Crippen LogP contribution in [0.1, 0.15) is 17.5 Å². The molecule has 1 aromatic rings. The fourth-order valence-electron chi connectivity index (χ4n) is 5.23. The Kier molecular flexibility index (Phi) is 4.78. The lowest BCUT2D eigenvalue weighted by Gasteiger charge is -2.46. The Balaban J connectivity index is 1.91. The van der Waals surface area contributed by atoms with Gasteiger partial charge in [0.15, 0.2) is 11.6 Å². The summed E-state index contributed by atoms with van der Waals surface area (Å²) in [6.45, 7) is 0. The van der Waals surface area contributed by atoms with Gasteiger partial charge in [-0.05, 0) is 56.5 Å². The molecule has 0 radical (unpaired) electrons. The molecule has 0 heterocycles. The van der Waals surface area contributed by atoms with Crippen LogP contribution in [0.15, 0.2) is 33.5 Å². The summed E-state index contributed by atoms with van der Waals surface area (Å²) in [5, 5.41) is 31.8. The van der Waals surface area contributed by atoms with Crippen molar-refractivity contribution in [1.29, 1.82) is 0 Å². The summed E-state index contributed by atoms with van der Waals surface area (Å²) in [6.07, 6.45) is 0.711. The van der Waals surface area contributed by atoms with Crippen LogP contribution in [0.2, 0.25) is 0 Å². The fourth-order valence-corrected chi connectivity index (χ4v) is 5.72. The number of phenolic OH excluding ortho intramolecular Hbond substituents is 1. The summed E-state index contributed by atoms with van der Waals surface area (Å²) in [5.74, 6) is -5.66. The van der Waals surface area contributed by atoms with Crippen LogP contribution < -0.4 is 5.73 Å². The molecule has 158 valence electrons. The van der Waals surface area contributed by atoms with Crippen LogP contribution in [0.5, 0.6) is 5.75 Å². The van der Waals surface area contributed by atoms with E-state index in [0.29, 0.717) is 22.9 Å². The number of rotatable bonds is 2. The van der Waals surface area contributed by atoms with E-state index in [1.165, 1.54) is 6.07 Å². The van der Waals surface area contributed by atoms with Crippen LogP contribution in [0, 0.1) is 17.8 Å². The number of primary amides is 1. The number of amides is 1. The molecule has 4 atom stereocenters. The molecule has 0 saturated heterocycles. The van der Waals surface area contributed by atoms with Gasteiger partial charge in [0, 0.05) is 10.0 Å². The van der Waals surface area contributed by atoms with E-state index in [0.717, 1.165) is 0 Å². The number of nitrogens with two attached hydrogens (primary N) is 1. The number of benzene rings is 1. The van der Waals surface area contributed by atoms with Crippen molar-refractivity contribution in [2.45, 2.75) is 18.9 Å². The van der Waals surface area contributed by atoms with Crippen LogP contribution in [0.4, 0.5) is 0 Å². The Morgan fingerprint density at radius 3 is 2.43 bits per heavy atom. The number of fused-ring (bicyclic) bond motifs is 3. The van der Waals surface area contributed by atoms with Crippen LogP contribution in [-0.4, -0.2) is 57.8 Å². The molecule has 8 nitrogen and oxygen atoms in total. The molecule has 9 heteroatoms. The molecule has 1 amide bonds. The number of hydrogen-bond acceptors (Lipinski definition) is 7. The maximum atomic E-state index is 13.5. The number of aliphatic hydroxyl groups is 2. The van der Waals surface area contributed by atoms with Gasteiger partial charge >= 0.3 is 0 Å². The smallest absolute Gasteiger partial charge is 0.255 e. The number of halogens is 1. The van der Waals surface area contributed by atoms with E-state index in [4.69, 9.17) is 5.73 Å². The monoisotopic (exact) mass is 476 g/mol. The molecule has 0 aromatic heterocycles. The number of hydrogen-bond donors (Lipinski definition) is 4. The van der Waals surface area contributed by atoms with Crippen LogP contribution in [0.25, 0.3) is 5.76 Å². The van der Waals surface area contributed by atoms with Gasteiger partial charge in [-0.25, -0.2) is 0 Å². The molecule has 5 N–H and O–H groups in total. The third-order valence-electron chi connectivity index (χ3n) is 6.39. The summed E-state index contributed by atoms with van der Waals surface area (Å²) >= 11 is 3.43. The van der Waals surface area contributed by atoms with Crippen molar-refractivity contribution in [2.24, 2.45) is 23.5 Å². The zero-order chi connectivity index (χ0) is 22.1. The zero-order valence-corrected chi connectivity index (χ0v) is 17.9. The second kappa shape index (κ2) is 6.95. The lowest BCUT2D eigenvalue weighted by molar-refractivity contribution is -0.136. The normalized spacial score (nSPS) is 28.4. The minimum absolute atomic E-state index is 0.0771. The average molecular weight is 477 g/mol. The molecule has 0 spiro atoms. The average Bonchev–Trinajstić information content (AvgIpc) is 2.63. The van der Waals surface area contributed by atoms with Crippen molar-refractivity contribution in [2.75, 3.05) is 14.1 Å². The summed E-state index contributed by atoms with van der Waals surface area (Å²) in [4.78, 5) is 40.0. The van der Waals surface area contributed by atoms with Crippen molar-refractivity contribution >= 4 is 39.2 Å². The maximum Gasteiger partial charge on any atom is 0.255 e.